The molecular weight excluding hydrogens is 358 g/mol. The Kier molecular flexibility index (Phi) is 8.45. The molecule has 25 heavy (non-hydrogen) atoms. The molecule has 1 aliphatic rings. The molecule has 6 nitrogen and oxygen atoms in total. The number of guanidine groups is 1. The first-order valence-electron chi connectivity index (χ1n) is 8.87. The van der Waals surface area contributed by atoms with Crippen molar-refractivity contribution in [2.24, 2.45) is 4.99 Å². The predicted octanol–water partition coefficient (Wildman–Crippen LogP) is 1.63. The summed E-state index contributed by atoms with van der Waals surface area (Å²) in [5, 5.41) is 16.7. The van der Waals surface area contributed by atoms with Gasteiger partial charge in [-0.2, -0.15) is 0 Å². The van der Waals surface area contributed by atoms with Crippen molar-refractivity contribution in [1.29, 1.82) is 0 Å². The van der Waals surface area contributed by atoms with Gasteiger partial charge in [0.2, 0.25) is 0 Å². The number of thiophene rings is 1. The second kappa shape index (κ2) is 10.3. The highest BCUT2D eigenvalue weighted by atomic mass is 35.5. The van der Waals surface area contributed by atoms with Gasteiger partial charge >= 0.3 is 0 Å². The Bertz CT molecular complexity index is 545. The molecule has 1 saturated heterocycles. The van der Waals surface area contributed by atoms with E-state index in [4.69, 9.17) is 11.6 Å². The van der Waals surface area contributed by atoms with Gasteiger partial charge in [-0.25, -0.2) is 0 Å². The number of nitrogens with zero attached hydrogens (tertiary/aromatic N) is 3. The summed E-state index contributed by atoms with van der Waals surface area (Å²) in [5.74, 6) is 0.741. The molecule has 0 aromatic carbocycles. The van der Waals surface area contributed by atoms with Gasteiger partial charge in [-0.3, -0.25) is 9.89 Å². The molecule has 1 aliphatic heterocycles. The van der Waals surface area contributed by atoms with E-state index >= 15 is 0 Å². The van der Waals surface area contributed by atoms with E-state index in [1.807, 2.05) is 19.1 Å². The molecule has 2 heterocycles. The number of nitrogens with one attached hydrogen (secondary N) is 2. The zero-order valence-corrected chi connectivity index (χ0v) is 16.9. The van der Waals surface area contributed by atoms with Crippen molar-refractivity contribution >= 4 is 28.9 Å². The lowest BCUT2D eigenvalue weighted by Gasteiger charge is -2.35. The normalized spacial score (nSPS) is 19.6. The number of piperazine rings is 1. The maximum atomic E-state index is 10.3. The van der Waals surface area contributed by atoms with E-state index in [2.05, 4.69) is 39.4 Å². The monoisotopic (exact) mass is 387 g/mol. The third-order valence-corrected chi connectivity index (χ3v) is 5.74. The lowest BCUT2D eigenvalue weighted by molar-refractivity contribution is 0.122. The minimum atomic E-state index is -0.587. The van der Waals surface area contributed by atoms with Gasteiger partial charge in [-0.05, 0) is 33.0 Å². The van der Waals surface area contributed by atoms with E-state index in [1.54, 1.807) is 0 Å². The van der Waals surface area contributed by atoms with Crippen molar-refractivity contribution in [2.75, 3.05) is 52.9 Å². The molecule has 0 radical (unpaired) electrons. The fraction of sp³-hybridized carbons (Fsp3) is 0.706. The Balaban J connectivity index is 1.82. The van der Waals surface area contributed by atoms with Gasteiger partial charge in [0.05, 0.1) is 10.9 Å². The highest BCUT2D eigenvalue weighted by molar-refractivity contribution is 7.16. The molecule has 0 aliphatic carbocycles. The molecule has 2 rings (SSSR count). The highest BCUT2D eigenvalue weighted by Crippen LogP contribution is 2.26. The number of aliphatic imine (C=N–C) groups is 1. The van der Waals surface area contributed by atoms with Crippen molar-refractivity contribution in [3.63, 3.8) is 0 Å². The molecule has 0 spiro atoms. The number of aliphatic hydroxyl groups is 1. The van der Waals surface area contributed by atoms with Gasteiger partial charge in [0.1, 0.15) is 6.10 Å². The number of likely N-dealkylation sites (N-methyl/N-ethyl adjacent to an activating group) is 1. The SMILES string of the molecule is CCNC(=NCC(C)N1CCN(C)CC1)NCC(O)c1ccc(Cl)s1. The van der Waals surface area contributed by atoms with Crippen molar-refractivity contribution < 1.29 is 5.11 Å². The summed E-state index contributed by atoms with van der Waals surface area (Å²) in [4.78, 5) is 10.4. The second-order valence-electron chi connectivity index (χ2n) is 6.45. The first-order chi connectivity index (χ1) is 12.0. The average Bonchev–Trinajstić information content (AvgIpc) is 3.04. The maximum Gasteiger partial charge on any atom is 0.191 e. The minimum Gasteiger partial charge on any atom is -0.386 e. The smallest absolute Gasteiger partial charge is 0.191 e. The van der Waals surface area contributed by atoms with Crippen LogP contribution in [0.25, 0.3) is 0 Å². The molecule has 1 fully saturated rings. The summed E-state index contributed by atoms with van der Waals surface area (Å²) in [6.07, 6.45) is -0.587. The first-order valence-corrected chi connectivity index (χ1v) is 10.1. The summed E-state index contributed by atoms with van der Waals surface area (Å²) in [6, 6.07) is 4.07. The van der Waals surface area contributed by atoms with Crippen LogP contribution in [-0.2, 0) is 0 Å². The van der Waals surface area contributed by atoms with Crippen LogP contribution in [0.15, 0.2) is 17.1 Å². The van der Waals surface area contributed by atoms with Crippen LogP contribution in [0.3, 0.4) is 0 Å². The van der Waals surface area contributed by atoms with E-state index in [1.165, 1.54) is 11.3 Å². The van der Waals surface area contributed by atoms with E-state index in [0.717, 1.165) is 50.1 Å². The first kappa shape index (κ1) is 20.5. The Labute approximate surface area is 159 Å². The molecular formula is C17H30ClN5OS. The van der Waals surface area contributed by atoms with Crippen molar-refractivity contribution in [2.45, 2.75) is 26.0 Å². The molecule has 0 saturated carbocycles. The molecule has 8 heteroatoms. The fourth-order valence-corrected chi connectivity index (χ4v) is 3.79. The average molecular weight is 388 g/mol. The molecule has 0 bridgehead atoms. The lowest BCUT2D eigenvalue weighted by Crippen LogP contribution is -2.49. The van der Waals surface area contributed by atoms with E-state index in [0.29, 0.717) is 16.9 Å². The van der Waals surface area contributed by atoms with E-state index in [9.17, 15) is 5.11 Å². The van der Waals surface area contributed by atoms with Crippen molar-refractivity contribution in [3.05, 3.63) is 21.3 Å². The second-order valence-corrected chi connectivity index (χ2v) is 8.19. The Morgan fingerprint density at radius 1 is 1.32 bits per heavy atom. The third kappa shape index (κ3) is 6.75. The molecule has 3 N–H and O–H groups in total. The van der Waals surface area contributed by atoms with Gasteiger partial charge < -0.3 is 20.6 Å². The van der Waals surface area contributed by atoms with Gasteiger partial charge in [-0.1, -0.05) is 11.6 Å². The lowest BCUT2D eigenvalue weighted by atomic mass is 10.2. The summed E-state index contributed by atoms with van der Waals surface area (Å²) in [7, 11) is 2.17. The number of hydrogen-bond donors (Lipinski definition) is 3. The van der Waals surface area contributed by atoms with Gasteiger partial charge in [0.25, 0.3) is 0 Å². The molecule has 2 atom stereocenters. The largest absolute Gasteiger partial charge is 0.386 e. The number of rotatable bonds is 7. The van der Waals surface area contributed by atoms with Crippen LogP contribution in [0.2, 0.25) is 4.34 Å². The number of aliphatic hydroxyl groups excluding tert-OH is 1. The molecule has 1 aromatic heterocycles. The zero-order valence-electron chi connectivity index (χ0n) is 15.3. The van der Waals surface area contributed by atoms with Crippen LogP contribution in [-0.4, -0.2) is 79.8 Å². The number of hydrogen-bond acceptors (Lipinski definition) is 5. The van der Waals surface area contributed by atoms with Crippen molar-refractivity contribution in [3.8, 4) is 0 Å². The minimum absolute atomic E-state index is 0.408. The van der Waals surface area contributed by atoms with Crippen LogP contribution in [0, 0.1) is 0 Å². The third-order valence-electron chi connectivity index (χ3n) is 4.40. The van der Waals surface area contributed by atoms with Crippen LogP contribution in [0.4, 0.5) is 0 Å². The quantitative estimate of drug-likeness (QED) is 0.490. The van der Waals surface area contributed by atoms with Gasteiger partial charge in [0.15, 0.2) is 5.96 Å². The maximum absolute atomic E-state index is 10.3. The van der Waals surface area contributed by atoms with Crippen LogP contribution < -0.4 is 10.6 Å². The molecule has 142 valence electrons. The molecule has 2 unspecified atom stereocenters. The van der Waals surface area contributed by atoms with Gasteiger partial charge in [-0.15, -0.1) is 11.3 Å². The summed E-state index contributed by atoms with van der Waals surface area (Å²) in [6.45, 7) is 10.6. The summed E-state index contributed by atoms with van der Waals surface area (Å²) < 4.78 is 0.690. The molecule has 1 aromatic rings. The standard InChI is InChI=1S/C17H30ClN5OS/c1-4-19-17(21-12-14(24)15-5-6-16(18)25-15)20-11-13(2)23-9-7-22(3)8-10-23/h5-6,13-14,24H,4,7-12H2,1-3H3,(H2,19,20,21). The Morgan fingerprint density at radius 3 is 2.64 bits per heavy atom. The van der Waals surface area contributed by atoms with E-state index < -0.39 is 6.10 Å². The van der Waals surface area contributed by atoms with E-state index in [-0.39, 0.29) is 0 Å². The summed E-state index contributed by atoms with van der Waals surface area (Å²) in [5.41, 5.74) is 0. The predicted molar refractivity (Wildman–Crippen MR) is 107 cm³/mol. The fourth-order valence-electron chi connectivity index (χ4n) is 2.74. The summed E-state index contributed by atoms with van der Waals surface area (Å²) >= 11 is 7.33. The Hall–Kier alpha value is -0.860. The van der Waals surface area contributed by atoms with Crippen LogP contribution >= 0.6 is 22.9 Å². The topological polar surface area (TPSA) is 63.1 Å². The van der Waals surface area contributed by atoms with Crippen LogP contribution in [0.1, 0.15) is 24.8 Å². The van der Waals surface area contributed by atoms with Crippen LogP contribution in [0.5, 0.6) is 0 Å². The number of halogens is 1. The highest BCUT2D eigenvalue weighted by Gasteiger charge is 2.19. The zero-order chi connectivity index (χ0) is 18.2. The van der Waals surface area contributed by atoms with Crippen molar-refractivity contribution in [1.82, 2.24) is 20.4 Å². The van der Waals surface area contributed by atoms with Gasteiger partial charge in [0, 0.05) is 50.2 Å². The molecule has 0 amide bonds. The Morgan fingerprint density at radius 2 is 2.04 bits per heavy atom.